The minimum Gasteiger partial charge on any atom is -0.404 e. The number of nitrogens with two attached hydrogens (primary N) is 2. The van der Waals surface area contributed by atoms with E-state index in [4.69, 9.17) is 20.9 Å². The molecule has 3 heterocycles. The molecule has 0 aliphatic heterocycles. The number of rotatable bonds is 6. The largest absolute Gasteiger partial charge is 0.404 e. The van der Waals surface area contributed by atoms with Crippen molar-refractivity contribution in [3.05, 3.63) is 96.7 Å². The second-order valence-electron chi connectivity index (χ2n) is 12.2. The van der Waals surface area contributed by atoms with Gasteiger partial charge in [-0.1, -0.05) is 81.4 Å². The lowest BCUT2D eigenvalue weighted by molar-refractivity contribution is 0.135. The molecule has 4 N–H and O–H groups in total. The number of benzene rings is 2. The molecule has 216 valence electrons. The molecule has 1 aliphatic carbocycles. The Morgan fingerprint density at radius 1 is 0.857 bits per heavy atom. The van der Waals surface area contributed by atoms with E-state index in [1.165, 1.54) is 22.6 Å². The summed E-state index contributed by atoms with van der Waals surface area (Å²) in [5.74, 6) is 0.362. The van der Waals surface area contributed by atoms with Gasteiger partial charge >= 0.3 is 0 Å². The van der Waals surface area contributed by atoms with Crippen molar-refractivity contribution in [1.82, 2.24) is 19.4 Å². The summed E-state index contributed by atoms with van der Waals surface area (Å²) >= 11 is 0. The van der Waals surface area contributed by atoms with Crippen molar-refractivity contribution in [3.8, 4) is 11.5 Å². The van der Waals surface area contributed by atoms with Gasteiger partial charge in [0.25, 0.3) is 8.32 Å². The van der Waals surface area contributed by atoms with Crippen LogP contribution < -0.4 is 21.8 Å². The Kier molecular flexibility index (Phi) is 7.32. The number of nitrogen functional groups attached to an aromatic ring is 2. The van der Waals surface area contributed by atoms with Gasteiger partial charge in [0.15, 0.2) is 11.6 Å². The van der Waals surface area contributed by atoms with Gasteiger partial charge < -0.3 is 15.9 Å². The Balaban J connectivity index is 1.29. The third-order valence-corrected chi connectivity index (χ3v) is 13.6. The number of aromatic nitrogens is 4. The second kappa shape index (κ2) is 11.0. The Labute approximate surface area is 246 Å². The molecule has 0 unspecified atom stereocenters. The highest BCUT2D eigenvalue weighted by atomic mass is 28.4. The smallest absolute Gasteiger partial charge is 0.261 e. The maximum atomic E-state index is 14.0. The lowest BCUT2D eigenvalue weighted by Crippen LogP contribution is -2.67. The Hall–Kier alpha value is -4.08. The molecule has 6 rings (SSSR count). The summed E-state index contributed by atoms with van der Waals surface area (Å²) in [5, 5.41) is 2.49. The first kappa shape index (κ1) is 28.1. The zero-order valence-corrected chi connectivity index (χ0v) is 25.3. The summed E-state index contributed by atoms with van der Waals surface area (Å²) < 4.78 is 23.1. The van der Waals surface area contributed by atoms with Gasteiger partial charge in [0, 0.05) is 18.2 Å². The van der Waals surface area contributed by atoms with Crippen LogP contribution in [-0.2, 0) is 4.43 Å². The van der Waals surface area contributed by atoms with Gasteiger partial charge in [-0.3, -0.25) is 4.40 Å². The van der Waals surface area contributed by atoms with E-state index >= 15 is 0 Å². The summed E-state index contributed by atoms with van der Waals surface area (Å²) in [5.41, 5.74) is 15.1. The molecule has 9 heteroatoms. The molecule has 0 bridgehead atoms. The van der Waals surface area contributed by atoms with Crippen LogP contribution in [0.1, 0.15) is 58.1 Å². The van der Waals surface area contributed by atoms with E-state index in [1.54, 1.807) is 16.7 Å². The molecule has 5 aromatic rings. The summed E-state index contributed by atoms with van der Waals surface area (Å²) in [6.45, 7) is 6.92. The molecule has 1 aliphatic rings. The number of imidazole rings is 1. The van der Waals surface area contributed by atoms with Gasteiger partial charge in [-0.2, -0.15) is 0 Å². The third-order valence-electron chi connectivity index (χ3n) is 8.52. The average molecular weight is 581 g/mol. The molecule has 7 nitrogen and oxygen atoms in total. The maximum absolute atomic E-state index is 14.0. The van der Waals surface area contributed by atoms with Crippen LogP contribution in [0.15, 0.2) is 85.2 Å². The van der Waals surface area contributed by atoms with Crippen molar-refractivity contribution < 1.29 is 8.82 Å². The number of anilines is 2. The molecule has 0 saturated heterocycles. The number of nitrogens with zero attached hydrogens (tertiary/aromatic N) is 4. The quantitative estimate of drug-likeness (QED) is 0.250. The Morgan fingerprint density at radius 3 is 2.07 bits per heavy atom. The van der Waals surface area contributed by atoms with Gasteiger partial charge in [0.2, 0.25) is 0 Å². The minimum atomic E-state index is -2.64. The van der Waals surface area contributed by atoms with Crippen LogP contribution >= 0.6 is 0 Å². The van der Waals surface area contributed by atoms with Crippen molar-refractivity contribution in [2.75, 3.05) is 11.5 Å². The summed E-state index contributed by atoms with van der Waals surface area (Å²) in [7, 11) is -2.64. The lowest BCUT2D eigenvalue weighted by atomic mass is 9.84. The number of pyridine rings is 1. The molecule has 3 aromatic heterocycles. The Morgan fingerprint density at radius 2 is 1.48 bits per heavy atom. The fourth-order valence-electron chi connectivity index (χ4n) is 6.45. The van der Waals surface area contributed by atoms with E-state index in [2.05, 4.69) is 91.4 Å². The molecular weight excluding hydrogens is 543 g/mol. The lowest BCUT2D eigenvalue weighted by Gasteiger charge is -2.46. The van der Waals surface area contributed by atoms with Gasteiger partial charge in [-0.05, 0) is 53.2 Å². The van der Waals surface area contributed by atoms with Crippen molar-refractivity contribution in [1.29, 1.82) is 0 Å². The predicted molar refractivity (Wildman–Crippen MR) is 169 cm³/mol. The van der Waals surface area contributed by atoms with Crippen LogP contribution in [0.5, 0.6) is 0 Å². The molecule has 0 radical (unpaired) electrons. The van der Waals surface area contributed by atoms with E-state index < -0.39 is 8.32 Å². The van der Waals surface area contributed by atoms with Crippen LogP contribution in [0, 0.1) is 5.82 Å². The van der Waals surface area contributed by atoms with Crippen LogP contribution in [-0.4, -0.2) is 33.8 Å². The number of hydrogen-bond donors (Lipinski definition) is 2. The monoisotopic (exact) mass is 580 g/mol. The van der Waals surface area contributed by atoms with Crippen molar-refractivity contribution in [2.45, 2.75) is 63.5 Å². The maximum Gasteiger partial charge on any atom is 0.261 e. The SMILES string of the molecule is CC(C)(C)[Si](O[C@H]1CC[C@H](c2nc(-c3cnc4ccc(F)cn34)nc(N)c2N)CC1)(c1ccccc1)c1ccccc1. The van der Waals surface area contributed by atoms with E-state index in [9.17, 15) is 4.39 Å². The molecule has 42 heavy (non-hydrogen) atoms. The van der Waals surface area contributed by atoms with Gasteiger partial charge in [-0.15, -0.1) is 0 Å². The summed E-state index contributed by atoms with van der Waals surface area (Å²) in [4.78, 5) is 13.7. The molecule has 2 aromatic carbocycles. The van der Waals surface area contributed by atoms with Gasteiger partial charge in [0.05, 0.1) is 17.6 Å². The number of hydrogen-bond acceptors (Lipinski definition) is 6. The minimum absolute atomic E-state index is 0.0829. The van der Waals surface area contributed by atoms with E-state index in [1.807, 2.05) is 0 Å². The third kappa shape index (κ3) is 4.96. The molecule has 1 fully saturated rings. The fourth-order valence-corrected chi connectivity index (χ4v) is 11.2. The molecule has 0 amide bonds. The number of fused-ring (bicyclic) bond motifs is 1. The van der Waals surface area contributed by atoms with Gasteiger partial charge in [-0.25, -0.2) is 19.3 Å². The predicted octanol–water partition coefficient (Wildman–Crippen LogP) is 5.70. The van der Waals surface area contributed by atoms with Crippen LogP contribution in [0.4, 0.5) is 15.9 Å². The highest BCUT2D eigenvalue weighted by Crippen LogP contribution is 2.42. The first-order chi connectivity index (χ1) is 20.2. The fraction of sp³-hybridized carbons (Fsp3) is 0.303. The molecule has 0 atom stereocenters. The van der Waals surface area contributed by atoms with Crippen LogP contribution in [0.3, 0.4) is 0 Å². The topological polar surface area (TPSA) is 104 Å². The average Bonchev–Trinajstić information content (AvgIpc) is 3.41. The zero-order chi connectivity index (χ0) is 29.5. The highest BCUT2D eigenvalue weighted by molar-refractivity contribution is 6.99. The zero-order valence-electron chi connectivity index (χ0n) is 24.3. The first-order valence-corrected chi connectivity index (χ1v) is 16.4. The molecule has 1 saturated carbocycles. The highest BCUT2D eigenvalue weighted by Gasteiger charge is 2.51. The standard InChI is InChI=1S/C33H37FN6OSi/c1-33(2,3)42(25-10-6-4-7-11-25,26-12-8-5-9-13-26)41-24-17-14-22(15-18-24)30-29(35)31(36)39-32(38-30)27-20-37-28-19-16-23(34)21-40(27)28/h4-13,16,19-22,24H,14-15,17-18,35H2,1-3H3,(H2,36,38,39)/t22-,24-. The van der Waals surface area contributed by atoms with Crippen molar-refractivity contribution in [2.24, 2.45) is 0 Å². The van der Waals surface area contributed by atoms with E-state index in [-0.39, 0.29) is 28.7 Å². The van der Waals surface area contributed by atoms with Gasteiger partial charge in [0.1, 0.15) is 17.2 Å². The van der Waals surface area contributed by atoms with Crippen molar-refractivity contribution in [3.63, 3.8) is 0 Å². The molecular formula is C33H37FN6OSi. The molecule has 0 spiro atoms. The second-order valence-corrected chi connectivity index (χ2v) is 16.5. The van der Waals surface area contributed by atoms with E-state index in [0.29, 0.717) is 22.9 Å². The first-order valence-electron chi connectivity index (χ1n) is 14.5. The summed E-state index contributed by atoms with van der Waals surface area (Å²) in [6.07, 6.45) is 6.62. The van der Waals surface area contributed by atoms with Crippen LogP contribution in [0.2, 0.25) is 5.04 Å². The summed E-state index contributed by atoms with van der Waals surface area (Å²) in [6, 6.07) is 24.5. The number of halogens is 1. The van der Waals surface area contributed by atoms with E-state index in [0.717, 1.165) is 31.4 Å². The van der Waals surface area contributed by atoms with Crippen molar-refractivity contribution >= 4 is 35.8 Å². The Bertz CT molecular complexity index is 1660. The van der Waals surface area contributed by atoms with Crippen LogP contribution in [0.25, 0.3) is 17.2 Å². The normalized spacial score (nSPS) is 17.9.